The summed E-state index contributed by atoms with van der Waals surface area (Å²) >= 11 is 0. The van der Waals surface area contributed by atoms with Crippen molar-refractivity contribution in [3.05, 3.63) is 69.8 Å². The average molecular weight is 545 g/mol. The Morgan fingerprint density at radius 2 is 1.21 bits per heavy atom. The molecule has 1 aliphatic heterocycles. The van der Waals surface area contributed by atoms with Crippen LogP contribution in [0.2, 0.25) is 0 Å². The van der Waals surface area contributed by atoms with Gasteiger partial charge in [0.25, 0.3) is 0 Å². The fraction of sp³-hybridized carbons (Fsp3) is 0.606. The number of carbonyl (C=O) groups is 1. The molecule has 1 aliphatic rings. The monoisotopic (exact) mass is 544 g/mol. The maximum absolute atomic E-state index is 11.8. The molecule has 0 spiro atoms. The topological polar surface area (TPSA) is 96.2 Å². The molecule has 0 bridgehead atoms. The van der Waals surface area contributed by atoms with Gasteiger partial charge in [0.15, 0.2) is 5.76 Å². The Morgan fingerprint density at radius 1 is 0.769 bits per heavy atom. The van der Waals surface area contributed by atoms with Gasteiger partial charge in [0.05, 0.1) is 6.61 Å². The zero-order chi connectivity index (χ0) is 29.4. The average Bonchev–Trinajstić information content (AvgIpc) is 3.13. The summed E-state index contributed by atoms with van der Waals surface area (Å²) in [6.45, 7) is 14.3. The number of aliphatic hydroxyl groups is 3. The van der Waals surface area contributed by atoms with Crippen molar-refractivity contribution in [3.8, 4) is 0 Å². The second kappa shape index (κ2) is 17.9. The molecule has 0 unspecified atom stereocenters. The molecule has 0 saturated carbocycles. The normalized spacial score (nSPS) is 17.6. The van der Waals surface area contributed by atoms with Crippen LogP contribution in [0.5, 0.6) is 0 Å². The molecule has 0 saturated heterocycles. The van der Waals surface area contributed by atoms with Gasteiger partial charge in [0.1, 0.15) is 0 Å². The molecule has 1 atom stereocenters. The molecule has 39 heavy (non-hydrogen) atoms. The molecule has 220 valence electrons. The molecular weight excluding hydrogens is 492 g/mol. The summed E-state index contributed by atoms with van der Waals surface area (Å²) in [5.74, 6) is -4.19. The lowest BCUT2D eigenvalue weighted by atomic mass is 10.0. The standard InChI is InChI=1S/C33H52O6/c1-24(2)14-10-17-27(5)20-11-18-25(3)15-8-9-16-26(4)19-12-21-28(6)22-13-23-38-30-29(34)31(33(7,36)37)39-32(30)35/h14-16,20-21,31,34,36-37H,8-13,17-19,22-23H2,1-7H3/b25-15+,26-16+,27-20+,28-21+/t31-/m1/s1. The van der Waals surface area contributed by atoms with Crippen LogP contribution >= 0.6 is 0 Å². The first-order chi connectivity index (χ1) is 18.3. The number of esters is 1. The highest BCUT2D eigenvalue weighted by Gasteiger charge is 2.46. The maximum atomic E-state index is 11.8. The number of cyclic esters (lactones) is 1. The Kier molecular flexibility index (Phi) is 15.8. The van der Waals surface area contributed by atoms with Crippen molar-refractivity contribution >= 4 is 5.97 Å². The van der Waals surface area contributed by atoms with Crippen molar-refractivity contribution in [2.75, 3.05) is 6.61 Å². The molecule has 1 rings (SSSR count). The zero-order valence-electron chi connectivity index (χ0n) is 25.3. The van der Waals surface area contributed by atoms with Crippen LogP contribution in [0.4, 0.5) is 0 Å². The number of unbranched alkanes of at least 4 members (excludes halogenated alkanes) is 1. The first-order valence-corrected chi connectivity index (χ1v) is 14.3. The van der Waals surface area contributed by atoms with E-state index in [-0.39, 0.29) is 12.4 Å². The van der Waals surface area contributed by atoms with Gasteiger partial charge in [-0.25, -0.2) is 4.79 Å². The van der Waals surface area contributed by atoms with E-state index in [1.165, 1.54) is 27.9 Å². The molecule has 3 N–H and O–H groups in total. The number of hydrogen-bond donors (Lipinski definition) is 3. The highest BCUT2D eigenvalue weighted by atomic mass is 16.6. The van der Waals surface area contributed by atoms with Crippen LogP contribution in [0.15, 0.2) is 69.8 Å². The number of ether oxygens (including phenoxy) is 2. The van der Waals surface area contributed by atoms with Crippen molar-refractivity contribution in [1.29, 1.82) is 0 Å². The van der Waals surface area contributed by atoms with Crippen molar-refractivity contribution < 1.29 is 29.6 Å². The third-order valence-corrected chi connectivity index (χ3v) is 6.66. The summed E-state index contributed by atoms with van der Waals surface area (Å²) in [7, 11) is 0. The van der Waals surface area contributed by atoms with Crippen LogP contribution < -0.4 is 0 Å². The summed E-state index contributed by atoms with van der Waals surface area (Å²) in [6.07, 6.45) is 20.3. The zero-order valence-corrected chi connectivity index (χ0v) is 25.3. The largest absolute Gasteiger partial charge is 0.505 e. The van der Waals surface area contributed by atoms with Crippen LogP contribution in [-0.2, 0) is 14.3 Å². The molecule has 1 heterocycles. The van der Waals surface area contributed by atoms with E-state index < -0.39 is 23.6 Å². The predicted octanol–water partition coefficient (Wildman–Crippen LogP) is 8.05. The Hall–Kier alpha value is -2.57. The smallest absolute Gasteiger partial charge is 0.378 e. The molecule has 0 amide bonds. The Balaban J connectivity index is 2.26. The van der Waals surface area contributed by atoms with E-state index in [0.717, 1.165) is 64.7 Å². The molecule has 0 aliphatic carbocycles. The quantitative estimate of drug-likeness (QED) is 0.0699. The van der Waals surface area contributed by atoms with E-state index in [2.05, 4.69) is 71.9 Å². The van der Waals surface area contributed by atoms with Gasteiger partial charge in [-0.05, 0) is 113 Å². The minimum Gasteiger partial charge on any atom is -0.505 e. The Labute approximate surface area is 236 Å². The van der Waals surface area contributed by atoms with E-state index in [4.69, 9.17) is 9.47 Å². The van der Waals surface area contributed by atoms with Gasteiger partial charge in [0, 0.05) is 0 Å². The third-order valence-electron chi connectivity index (χ3n) is 6.66. The van der Waals surface area contributed by atoms with Crippen LogP contribution in [0.1, 0.15) is 113 Å². The van der Waals surface area contributed by atoms with Gasteiger partial charge in [-0.15, -0.1) is 0 Å². The van der Waals surface area contributed by atoms with Gasteiger partial charge >= 0.3 is 5.97 Å². The van der Waals surface area contributed by atoms with Crippen molar-refractivity contribution in [3.63, 3.8) is 0 Å². The minimum atomic E-state index is -2.37. The molecule has 0 radical (unpaired) electrons. The van der Waals surface area contributed by atoms with E-state index in [9.17, 15) is 20.1 Å². The van der Waals surface area contributed by atoms with Crippen LogP contribution in [0, 0.1) is 0 Å². The minimum absolute atomic E-state index is 0.220. The number of hydrogen-bond acceptors (Lipinski definition) is 6. The fourth-order valence-electron chi connectivity index (χ4n) is 4.22. The highest BCUT2D eigenvalue weighted by molar-refractivity contribution is 5.89. The SMILES string of the molecule is CC(C)=CCC/C(C)=C/CC/C(C)=C/CC/C=C(\C)CC/C=C(\C)CCCOC1=C(O)[C@H](C(C)(O)O)OC1=O. The lowest BCUT2D eigenvalue weighted by molar-refractivity contribution is -0.214. The van der Waals surface area contributed by atoms with E-state index >= 15 is 0 Å². The first kappa shape index (κ1) is 34.5. The molecule has 6 heteroatoms. The highest BCUT2D eigenvalue weighted by Crippen LogP contribution is 2.28. The van der Waals surface area contributed by atoms with Gasteiger partial charge in [-0.2, -0.15) is 0 Å². The molecule has 0 aromatic rings. The number of carbonyl (C=O) groups excluding carboxylic acids is 1. The Bertz CT molecular complexity index is 965. The molecule has 6 nitrogen and oxygen atoms in total. The number of allylic oxidation sites excluding steroid dienone is 10. The van der Waals surface area contributed by atoms with Crippen molar-refractivity contribution in [1.82, 2.24) is 0 Å². The number of rotatable bonds is 18. The third kappa shape index (κ3) is 15.0. The summed E-state index contributed by atoms with van der Waals surface area (Å²) in [6, 6.07) is 0. The van der Waals surface area contributed by atoms with Gasteiger partial charge in [-0.3, -0.25) is 0 Å². The Morgan fingerprint density at radius 3 is 1.64 bits per heavy atom. The van der Waals surface area contributed by atoms with Gasteiger partial charge < -0.3 is 24.8 Å². The van der Waals surface area contributed by atoms with Crippen LogP contribution in [0.3, 0.4) is 0 Å². The van der Waals surface area contributed by atoms with E-state index in [1.54, 1.807) is 0 Å². The van der Waals surface area contributed by atoms with E-state index in [1.807, 2.05) is 0 Å². The first-order valence-electron chi connectivity index (χ1n) is 14.3. The van der Waals surface area contributed by atoms with Gasteiger partial charge in [-0.1, -0.05) is 58.2 Å². The molecule has 0 fully saturated rings. The van der Waals surface area contributed by atoms with Crippen LogP contribution in [-0.4, -0.2) is 39.8 Å². The number of aliphatic hydroxyl groups excluding tert-OH is 1. The fourth-order valence-corrected chi connectivity index (χ4v) is 4.22. The maximum Gasteiger partial charge on any atom is 0.378 e. The molecule has 0 aromatic heterocycles. The van der Waals surface area contributed by atoms with Gasteiger partial charge in [0.2, 0.25) is 17.7 Å². The van der Waals surface area contributed by atoms with E-state index in [0.29, 0.717) is 6.42 Å². The predicted molar refractivity (Wildman–Crippen MR) is 159 cm³/mol. The second-order valence-electron chi connectivity index (χ2n) is 11.2. The lowest BCUT2D eigenvalue weighted by Gasteiger charge is -2.21. The summed E-state index contributed by atoms with van der Waals surface area (Å²) in [4.78, 5) is 11.8. The van der Waals surface area contributed by atoms with Crippen molar-refractivity contribution in [2.45, 2.75) is 125 Å². The second-order valence-corrected chi connectivity index (χ2v) is 11.2. The summed E-state index contributed by atoms with van der Waals surface area (Å²) in [5.41, 5.74) is 6.99. The summed E-state index contributed by atoms with van der Waals surface area (Å²) in [5, 5.41) is 29.1. The molecule has 0 aromatic carbocycles. The summed E-state index contributed by atoms with van der Waals surface area (Å²) < 4.78 is 10.1. The van der Waals surface area contributed by atoms with Crippen molar-refractivity contribution in [2.24, 2.45) is 0 Å². The molecular formula is C33H52O6. The lowest BCUT2D eigenvalue weighted by Crippen LogP contribution is -2.40. The van der Waals surface area contributed by atoms with Crippen LogP contribution in [0.25, 0.3) is 0 Å².